The van der Waals surface area contributed by atoms with Gasteiger partial charge in [-0.05, 0) is 42.7 Å². The second kappa shape index (κ2) is 11.5. The summed E-state index contributed by atoms with van der Waals surface area (Å²) >= 11 is 6.32. The number of hydrogen-bond acceptors (Lipinski definition) is 5. The number of imidazole rings is 1. The van der Waals surface area contributed by atoms with Crippen molar-refractivity contribution in [3.8, 4) is 0 Å². The fourth-order valence-corrected chi connectivity index (χ4v) is 3.86. The zero-order chi connectivity index (χ0) is 24.7. The smallest absolute Gasteiger partial charge is 0.336 e. The standard InChI is InChI=1S/C25H26ClN3O5/c1-3-4-9-20-28-21(22(26)29-20)19(25(33)34-2)14-15-10-12-16(13-11-15)27-23(30)17-7-5-6-8-18(17)24(31)32/h5-8,10-13,19H,3-4,9,14H2,1-2H3,(H,27,30)(H,28,29)(H,31,32). The third-order valence-electron chi connectivity index (χ3n) is 5.39. The van der Waals surface area contributed by atoms with E-state index in [9.17, 15) is 19.5 Å². The number of carboxylic acids is 1. The molecule has 0 fully saturated rings. The number of aromatic amines is 1. The van der Waals surface area contributed by atoms with Gasteiger partial charge in [0.1, 0.15) is 11.7 Å². The van der Waals surface area contributed by atoms with Gasteiger partial charge in [-0.25, -0.2) is 9.78 Å². The number of methoxy groups -OCH3 is 1. The Morgan fingerprint density at radius 1 is 1.12 bits per heavy atom. The SMILES string of the molecule is CCCCc1nc(Cl)c(C(Cc2ccc(NC(=O)c3ccccc3C(=O)O)cc2)C(=O)OC)[nH]1. The van der Waals surface area contributed by atoms with Gasteiger partial charge in [0.15, 0.2) is 5.15 Å². The number of amides is 1. The van der Waals surface area contributed by atoms with Crippen molar-refractivity contribution in [3.05, 3.63) is 81.9 Å². The molecular formula is C25H26ClN3O5. The fourth-order valence-electron chi connectivity index (χ4n) is 3.58. The number of anilines is 1. The van der Waals surface area contributed by atoms with Gasteiger partial charge >= 0.3 is 11.9 Å². The van der Waals surface area contributed by atoms with Gasteiger partial charge in [0.05, 0.1) is 23.9 Å². The van der Waals surface area contributed by atoms with E-state index in [2.05, 4.69) is 22.2 Å². The Morgan fingerprint density at radius 3 is 2.41 bits per heavy atom. The first kappa shape index (κ1) is 25.0. The normalized spacial score (nSPS) is 11.6. The van der Waals surface area contributed by atoms with Gasteiger partial charge in [0, 0.05) is 12.1 Å². The van der Waals surface area contributed by atoms with Crippen LogP contribution in [0.25, 0.3) is 0 Å². The van der Waals surface area contributed by atoms with Gasteiger partial charge in [0.2, 0.25) is 0 Å². The molecule has 0 aliphatic carbocycles. The lowest BCUT2D eigenvalue weighted by Gasteiger charge is -2.14. The highest BCUT2D eigenvalue weighted by molar-refractivity contribution is 6.30. The third-order valence-corrected chi connectivity index (χ3v) is 5.68. The molecule has 3 rings (SSSR count). The summed E-state index contributed by atoms with van der Waals surface area (Å²) in [5, 5.41) is 12.2. The minimum atomic E-state index is -1.18. The monoisotopic (exact) mass is 483 g/mol. The number of aryl methyl sites for hydroxylation is 1. The number of rotatable bonds is 10. The number of carboxylic acid groups (broad SMARTS) is 1. The van der Waals surface area contributed by atoms with Crippen LogP contribution in [0.2, 0.25) is 5.15 Å². The zero-order valence-electron chi connectivity index (χ0n) is 18.9. The molecule has 0 bridgehead atoms. The summed E-state index contributed by atoms with van der Waals surface area (Å²) in [7, 11) is 1.32. The van der Waals surface area contributed by atoms with E-state index in [0.717, 1.165) is 30.7 Å². The number of aromatic carboxylic acids is 1. The molecule has 0 saturated carbocycles. The average Bonchev–Trinajstić information content (AvgIpc) is 3.21. The highest BCUT2D eigenvalue weighted by Gasteiger charge is 2.27. The van der Waals surface area contributed by atoms with Crippen molar-refractivity contribution >= 4 is 35.1 Å². The Morgan fingerprint density at radius 2 is 1.79 bits per heavy atom. The first-order chi connectivity index (χ1) is 16.3. The van der Waals surface area contributed by atoms with Crippen LogP contribution in [0.4, 0.5) is 5.69 Å². The number of halogens is 1. The summed E-state index contributed by atoms with van der Waals surface area (Å²) in [5.41, 5.74) is 1.82. The summed E-state index contributed by atoms with van der Waals surface area (Å²) in [6, 6.07) is 12.9. The third kappa shape index (κ3) is 6.02. The molecule has 1 atom stereocenters. The molecule has 1 unspecified atom stereocenters. The second-order valence-electron chi connectivity index (χ2n) is 7.77. The van der Waals surface area contributed by atoms with Crippen LogP contribution in [-0.4, -0.2) is 40.0 Å². The van der Waals surface area contributed by atoms with E-state index in [1.165, 1.54) is 19.2 Å². The van der Waals surface area contributed by atoms with E-state index in [-0.39, 0.29) is 16.3 Å². The molecule has 0 radical (unpaired) electrons. The zero-order valence-corrected chi connectivity index (χ0v) is 19.7. The van der Waals surface area contributed by atoms with Crippen molar-refractivity contribution in [1.82, 2.24) is 9.97 Å². The molecule has 1 aromatic heterocycles. The lowest BCUT2D eigenvalue weighted by atomic mass is 9.96. The minimum Gasteiger partial charge on any atom is -0.478 e. The van der Waals surface area contributed by atoms with Crippen LogP contribution in [0.5, 0.6) is 0 Å². The first-order valence-corrected chi connectivity index (χ1v) is 11.3. The summed E-state index contributed by atoms with van der Waals surface area (Å²) < 4.78 is 4.99. The largest absolute Gasteiger partial charge is 0.478 e. The van der Waals surface area contributed by atoms with E-state index < -0.39 is 23.8 Å². The van der Waals surface area contributed by atoms with E-state index in [1.807, 2.05) is 0 Å². The number of nitrogens with zero attached hydrogens (tertiary/aromatic N) is 1. The second-order valence-corrected chi connectivity index (χ2v) is 8.13. The predicted molar refractivity (Wildman–Crippen MR) is 128 cm³/mol. The molecule has 1 amide bonds. The van der Waals surface area contributed by atoms with Gasteiger partial charge in [-0.1, -0.05) is 49.2 Å². The van der Waals surface area contributed by atoms with E-state index >= 15 is 0 Å². The van der Waals surface area contributed by atoms with Crippen molar-refractivity contribution < 1.29 is 24.2 Å². The molecule has 0 aliphatic rings. The Bertz CT molecular complexity index is 1170. The number of hydrogen-bond donors (Lipinski definition) is 3. The minimum absolute atomic E-state index is 0.0672. The number of unbranched alkanes of at least 4 members (excludes halogenated alkanes) is 1. The van der Waals surface area contributed by atoms with Gasteiger partial charge in [-0.2, -0.15) is 0 Å². The number of ether oxygens (including phenoxy) is 1. The number of carbonyl (C=O) groups excluding carboxylic acids is 2. The molecule has 2 aromatic carbocycles. The van der Waals surface area contributed by atoms with Crippen molar-refractivity contribution in [2.24, 2.45) is 0 Å². The molecule has 9 heteroatoms. The number of carbonyl (C=O) groups is 3. The quantitative estimate of drug-likeness (QED) is 0.354. The van der Waals surface area contributed by atoms with Crippen LogP contribution in [-0.2, 0) is 22.4 Å². The van der Waals surface area contributed by atoms with E-state index in [1.54, 1.807) is 36.4 Å². The molecule has 3 aromatic rings. The van der Waals surface area contributed by atoms with Crippen LogP contribution in [0.3, 0.4) is 0 Å². The summed E-state index contributed by atoms with van der Waals surface area (Å²) in [6.45, 7) is 2.08. The van der Waals surface area contributed by atoms with Gasteiger partial charge in [-0.15, -0.1) is 0 Å². The summed E-state index contributed by atoms with van der Waals surface area (Å²) in [6.07, 6.45) is 3.02. The van der Waals surface area contributed by atoms with Crippen LogP contribution < -0.4 is 5.32 Å². The topological polar surface area (TPSA) is 121 Å². The lowest BCUT2D eigenvalue weighted by Crippen LogP contribution is -2.18. The molecule has 178 valence electrons. The first-order valence-electron chi connectivity index (χ1n) is 10.9. The molecular weight excluding hydrogens is 458 g/mol. The Labute approximate surface area is 202 Å². The van der Waals surface area contributed by atoms with Gasteiger partial charge < -0.3 is 20.1 Å². The average molecular weight is 484 g/mol. The van der Waals surface area contributed by atoms with Crippen LogP contribution in [0, 0.1) is 0 Å². The maximum atomic E-state index is 12.6. The van der Waals surface area contributed by atoms with Gasteiger partial charge in [0.25, 0.3) is 5.91 Å². The van der Waals surface area contributed by atoms with Crippen LogP contribution in [0.1, 0.15) is 63.5 Å². The molecule has 8 nitrogen and oxygen atoms in total. The van der Waals surface area contributed by atoms with E-state index in [0.29, 0.717) is 17.8 Å². The number of benzene rings is 2. The number of H-pyrrole nitrogens is 1. The van der Waals surface area contributed by atoms with Crippen molar-refractivity contribution in [2.75, 3.05) is 12.4 Å². The van der Waals surface area contributed by atoms with Crippen molar-refractivity contribution in [1.29, 1.82) is 0 Å². The number of esters is 1. The van der Waals surface area contributed by atoms with Crippen molar-refractivity contribution in [3.63, 3.8) is 0 Å². The van der Waals surface area contributed by atoms with Crippen LogP contribution in [0.15, 0.2) is 48.5 Å². The van der Waals surface area contributed by atoms with Gasteiger partial charge in [-0.3, -0.25) is 9.59 Å². The van der Waals surface area contributed by atoms with Crippen LogP contribution >= 0.6 is 11.6 Å². The molecule has 0 aliphatic heterocycles. The highest BCUT2D eigenvalue weighted by atomic mass is 35.5. The molecule has 34 heavy (non-hydrogen) atoms. The number of aromatic nitrogens is 2. The fraction of sp³-hybridized carbons (Fsp3) is 0.280. The molecule has 0 saturated heterocycles. The molecule has 0 spiro atoms. The Balaban J connectivity index is 1.75. The number of nitrogens with one attached hydrogen (secondary N) is 2. The lowest BCUT2D eigenvalue weighted by molar-refractivity contribution is -0.142. The molecule has 3 N–H and O–H groups in total. The molecule has 1 heterocycles. The maximum absolute atomic E-state index is 12.6. The van der Waals surface area contributed by atoms with Crippen molar-refractivity contribution in [2.45, 2.75) is 38.5 Å². The van der Waals surface area contributed by atoms with E-state index in [4.69, 9.17) is 16.3 Å². The highest BCUT2D eigenvalue weighted by Crippen LogP contribution is 2.28. The predicted octanol–water partition coefficient (Wildman–Crippen LogP) is 4.86. The summed E-state index contributed by atoms with van der Waals surface area (Å²) in [5.74, 6) is -2.07. The Kier molecular flexibility index (Phi) is 8.43. The maximum Gasteiger partial charge on any atom is 0.336 e. The Hall–Kier alpha value is -3.65. The summed E-state index contributed by atoms with van der Waals surface area (Å²) in [4.78, 5) is 44.0.